The van der Waals surface area contributed by atoms with Gasteiger partial charge in [0.2, 0.25) is 0 Å². The Labute approximate surface area is 115 Å². The number of ketones is 1. The monoisotopic (exact) mass is 261 g/mol. The zero-order valence-electron chi connectivity index (χ0n) is 12.0. The SMILES string of the molecule is CC(=O)CN1CC[C@@](C)(c2cccc(O)c2)[C@@H](C)C1. The fourth-order valence-corrected chi connectivity index (χ4v) is 3.07. The lowest BCUT2D eigenvalue weighted by Crippen LogP contribution is -2.48. The van der Waals surface area contributed by atoms with Crippen molar-refractivity contribution < 1.29 is 9.90 Å². The number of aromatic hydroxyl groups is 1. The van der Waals surface area contributed by atoms with Crippen LogP contribution in [0.2, 0.25) is 0 Å². The Kier molecular flexibility index (Phi) is 3.95. The van der Waals surface area contributed by atoms with Gasteiger partial charge in [0, 0.05) is 6.54 Å². The van der Waals surface area contributed by atoms with Gasteiger partial charge < -0.3 is 5.11 Å². The maximum Gasteiger partial charge on any atom is 0.143 e. The van der Waals surface area contributed by atoms with E-state index in [4.69, 9.17) is 0 Å². The number of rotatable bonds is 3. The number of benzene rings is 1. The first kappa shape index (κ1) is 14.1. The number of Topliss-reactive ketones (excluding diaryl/α,β-unsaturated/α-hetero) is 1. The van der Waals surface area contributed by atoms with Gasteiger partial charge in [0.1, 0.15) is 11.5 Å². The van der Waals surface area contributed by atoms with E-state index >= 15 is 0 Å². The second kappa shape index (κ2) is 5.33. The van der Waals surface area contributed by atoms with Crippen LogP contribution in [0.1, 0.15) is 32.8 Å². The van der Waals surface area contributed by atoms with E-state index in [0.29, 0.717) is 18.2 Å². The van der Waals surface area contributed by atoms with Gasteiger partial charge in [-0.25, -0.2) is 0 Å². The van der Waals surface area contributed by atoms with Gasteiger partial charge in [-0.2, -0.15) is 0 Å². The molecule has 1 aromatic rings. The van der Waals surface area contributed by atoms with E-state index in [2.05, 4.69) is 24.8 Å². The summed E-state index contributed by atoms with van der Waals surface area (Å²) in [6, 6.07) is 7.58. The van der Waals surface area contributed by atoms with Crippen LogP contribution in [0.25, 0.3) is 0 Å². The second-order valence-corrected chi connectivity index (χ2v) is 6.06. The molecule has 1 fully saturated rings. The molecular weight excluding hydrogens is 238 g/mol. The van der Waals surface area contributed by atoms with Crippen molar-refractivity contribution in [3.8, 4) is 5.75 Å². The highest BCUT2D eigenvalue weighted by Gasteiger charge is 2.38. The van der Waals surface area contributed by atoms with Gasteiger partial charge in [0.05, 0.1) is 6.54 Å². The molecule has 0 aromatic heterocycles. The zero-order valence-corrected chi connectivity index (χ0v) is 12.0. The molecule has 19 heavy (non-hydrogen) atoms. The average molecular weight is 261 g/mol. The molecule has 104 valence electrons. The van der Waals surface area contributed by atoms with Crippen molar-refractivity contribution in [1.29, 1.82) is 0 Å². The minimum Gasteiger partial charge on any atom is -0.508 e. The number of carbonyl (C=O) groups excluding carboxylic acids is 1. The molecule has 2 atom stereocenters. The van der Waals surface area contributed by atoms with Crippen LogP contribution >= 0.6 is 0 Å². The summed E-state index contributed by atoms with van der Waals surface area (Å²) in [7, 11) is 0. The van der Waals surface area contributed by atoms with E-state index < -0.39 is 0 Å². The van der Waals surface area contributed by atoms with Crippen molar-refractivity contribution >= 4 is 5.78 Å². The summed E-state index contributed by atoms with van der Waals surface area (Å²) < 4.78 is 0. The number of carbonyl (C=O) groups is 1. The normalized spacial score (nSPS) is 28.3. The zero-order chi connectivity index (χ0) is 14.0. The highest BCUT2D eigenvalue weighted by molar-refractivity contribution is 5.77. The van der Waals surface area contributed by atoms with E-state index in [0.717, 1.165) is 19.5 Å². The molecule has 0 saturated carbocycles. The fourth-order valence-electron chi connectivity index (χ4n) is 3.07. The predicted octanol–water partition coefficient (Wildman–Crippen LogP) is 2.58. The molecule has 0 spiro atoms. The Morgan fingerprint density at radius 3 is 2.84 bits per heavy atom. The number of piperidine rings is 1. The topological polar surface area (TPSA) is 40.5 Å². The number of hydrogen-bond donors (Lipinski definition) is 1. The summed E-state index contributed by atoms with van der Waals surface area (Å²) in [5.41, 5.74) is 1.27. The van der Waals surface area contributed by atoms with Crippen molar-refractivity contribution in [3.05, 3.63) is 29.8 Å². The first-order valence-electron chi connectivity index (χ1n) is 6.93. The maximum atomic E-state index is 11.2. The lowest BCUT2D eigenvalue weighted by molar-refractivity contribution is -0.118. The van der Waals surface area contributed by atoms with Crippen LogP contribution < -0.4 is 0 Å². The molecule has 0 amide bonds. The Balaban J connectivity index is 2.15. The Hall–Kier alpha value is -1.35. The third-order valence-corrected chi connectivity index (χ3v) is 4.52. The molecule has 0 unspecified atom stereocenters. The van der Waals surface area contributed by atoms with Crippen LogP contribution in [0, 0.1) is 5.92 Å². The molecule has 0 aliphatic carbocycles. The Bertz CT molecular complexity index is 472. The van der Waals surface area contributed by atoms with Gasteiger partial charge in [0.15, 0.2) is 0 Å². The first-order valence-corrected chi connectivity index (χ1v) is 6.93. The number of phenols is 1. The lowest BCUT2D eigenvalue weighted by atomic mass is 9.68. The number of likely N-dealkylation sites (tertiary alicyclic amines) is 1. The Morgan fingerprint density at radius 1 is 1.53 bits per heavy atom. The summed E-state index contributed by atoms with van der Waals surface area (Å²) in [6.45, 7) is 8.57. The smallest absolute Gasteiger partial charge is 0.143 e. The summed E-state index contributed by atoms with van der Waals surface area (Å²) in [5.74, 6) is 1.02. The van der Waals surface area contributed by atoms with Crippen LogP contribution in [0.4, 0.5) is 0 Å². The van der Waals surface area contributed by atoms with Gasteiger partial charge >= 0.3 is 0 Å². The van der Waals surface area contributed by atoms with Crippen molar-refractivity contribution in [3.63, 3.8) is 0 Å². The molecule has 1 aliphatic rings. The highest BCUT2D eigenvalue weighted by Crippen LogP contribution is 2.40. The van der Waals surface area contributed by atoms with E-state index in [-0.39, 0.29) is 11.2 Å². The molecule has 1 N–H and O–H groups in total. The highest BCUT2D eigenvalue weighted by atomic mass is 16.3. The van der Waals surface area contributed by atoms with Gasteiger partial charge in [-0.05, 0) is 48.9 Å². The largest absolute Gasteiger partial charge is 0.508 e. The average Bonchev–Trinajstić information content (AvgIpc) is 2.33. The molecular formula is C16H23NO2. The van der Waals surface area contributed by atoms with Gasteiger partial charge in [-0.1, -0.05) is 26.0 Å². The number of nitrogens with zero attached hydrogens (tertiary/aromatic N) is 1. The molecule has 0 radical (unpaired) electrons. The van der Waals surface area contributed by atoms with Crippen LogP contribution in [0.15, 0.2) is 24.3 Å². The summed E-state index contributed by atoms with van der Waals surface area (Å²) in [5, 5.41) is 9.66. The lowest BCUT2D eigenvalue weighted by Gasteiger charge is -2.45. The predicted molar refractivity (Wildman–Crippen MR) is 76.4 cm³/mol. The van der Waals surface area contributed by atoms with Crippen LogP contribution in [0.3, 0.4) is 0 Å². The van der Waals surface area contributed by atoms with E-state index in [1.807, 2.05) is 12.1 Å². The second-order valence-electron chi connectivity index (χ2n) is 6.06. The van der Waals surface area contributed by atoms with Gasteiger partial charge in [-0.3, -0.25) is 9.69 Å². The van der Waals surface area contributed by atoms with Crippen molar-refractivity contribution in [2.75, 3.05) is 19.6 Å². The van der Waals surface area contributed by atoms with E-state index in [1.54, 1.807) is 13.0 Å². The fraction of sp³-hybridized carbons (Fsp3) is 0.562. The first-order chi connectivity index (χ1) is 8.91. The third kappa shape index (κ3) is 2.98. The van der Waals surface area contributed by atoms with Crippen molar-refractivity contribution in [1.82, 2.24) is 4.90 Å². The third-order valence-electron chi connectivity index (χ3n) is 4.52. The van der Waals surface area contributed by atoms with Gasteiger partial charge in [-0.15, -0.1) is 0 Å². The standard InChI is InChI=1S/C16H23NO2/c1-12-10-17(11-13(2)18)8-7-16(12,3)14-5-4-6-15(19)9-14/h4-6,9,12,19H,7-8,10-11H2,1-3H3/t12-,16+/m0/s1. The van der Waals surface area contributed by atoms with Crippen LogP contribution in [-0.2, 0) is 10.2 Å². The maximum absolute atomic E-state index is 11.2. The summed E-state index contributed by atoms with van der Waals surface area (Å²) >= 11 is 0. The molecule has 1 saturated heterocycles. The molecule has 1 aliphatic heterocycles. The van der Waals surface area contributed by atoms with Crippen molar-refractivity contribution in [2.24, 2.45) is 5.92 Å². The van der Waals surface area contributed by atoms with E-state index in [1.165, 1.54) is 5.56 Å². The minimum absolute atomic E-state index is 0.0754. The number of phenolic OH excluding ortho intramolecular Hbond substituents is 1. The molecule has 3 nitrogen and oxygen atoms in total. The molecule has 1 heterocycles. The molecule has 1 aromatic carbocycles. The van der Waals surface area contributed by atoms with Crippen molar-refractivity contribution in [2.45, 2.75) is 32.6 Å². The van der Waals surface area contributed by atoms with Gasteiger partial charge in [0.25, 0.3) is 0 Å². The molecule has 2 rings (SSSR count). The molecule has 3 heteroatoms. The van der Waals surface area contributed by atoms with E-state index in [9.17, 15) is 9.90 Å². The summed E-state index contributed by atoms with van der Waals surface area (Å²) in [4.78, 5) is 13.5. The Morgan fingerprint density at radius 2 is 2.26 bits per heavy atom. The summed E-state index contributed by atoms with van der Waals surface area (Å²) in [6.07, 6.45) is 1.02. The quantitative estimate of drug-likeness (QED) is 0.909. The molecule has 0 bridgehead atoms. The minimum atomic E-state index is 0.0754. The van der Waals surface area contributed by atoms with Crippen LogP contribution in [-0.4, -0.2) is 35.4 Å². The number of hydrogen-bond acceptors (Lipinski definition) is 3. The van der Waals surface area contributed by atoms with Crippen LogP contribution in [0.5, 0.6) is 5.75 Å².